The molecule has 6 nitrogen and oxygen atoms in total. The molecule has 4 bridgehead atoms. The van der Waals surface area contributed by atoms with Crippen molar-refractivity contribution in [2.24, 2.45) is 0 Å². The Hall–Kier alpha value is -4.98. The van der Waals surface area contributed by atoms with Gasteiger partial charge in [0.2, 0.25) is 0 Å². The first-order valence-electron chi connectivity index (χ1n) is 20.0. The van der Waals surface area contributed by atoms with E-state index in [4.69, 9.17) is 28.4 Å². The third-order valence-electron chi connectivity index (χ3n) is 12.1. The summed E-state index contributed by atoms with van der Waals surface area (Å²) in [4.78, 5) is 0. The van der Waals surface area contributed by atoms with Crippen LogP contribution in [-0.4, -0.2) is 65.1 Å². The Morgan fingerprint density at radius 2 is 0.786 bits per heavy atom. The largest absolute Gasteiger partial charge is 0.490 e. The lowest BCUT2D eigenvalue weighted by Gasteiger charge is -2.33. The zero-order valence-corrected chi connectivity index (χ0v) is 32.1. The van der Waals surface area contributed by atoms with E-state index in [1.54, 1.807) is 24.3 Å². The Kier molecular flexibility index (Phi) is 10.4. The second-order valence-electron chi connectivity index (χ2n) is 15.4. The fourth-order valence-electron chi connectivity index (χ4n) is 9.92. The molecule has 6 atom stereocenters. The molecule has 0 fully saturated rings. The molecule has 0 aromatic heterocycles. The van der Waals surface area contributed by atoms with Gasteiger partial charge in [0, 0.05) is 45.9 Å². The van der Waals surface area contributed by atoms with Gasteiger partial charge in [0.15, 0.2) is 0 Å². The van der Waals surface area contributed by atoms with E-state index in [9.17, 15) is 0 Å². The third kappa shape index (κ3) is 6.39. The van der Waals surface area contributed by atoms with E-state index in [0.29, 0.717) is 52.9 Å². The van der Waals surface area contributed by atoms with Crippen LogP contribution in [0.4, 0.5) is 0 Å². The molecular weight excluding hydrogens is 697 g/mol. The molecule has 0 N–H and O–H groups in total. The Balaban J connectivity index is 1.21. The lowest BCUT2D eigenvalue weighted by molar-refractivity contribution is -0.0224. The van der Waals surface area contributed by atoms with Gasteiger partial charge in [0.05, 0.1) is 39.6 Å². The Labute approximate surface area is 330 Å². The zero-order chi connectivity index (χ0) is 38.2. The Morgan fingerprint density at radius 1 is 0.464 bits per heavy atom. The minimum atomic E-state index is -0.279. The summed E-state index contributed by atoms with van der Waals surface area (Å²) in [5.41, 5.74) is 10.6. The van der Waals surface area contributed by atoms with Crippen LogP contribution in [-0.2, 0) is 18.9 Å². The van der Waals surface area contributed by atoms with Crippen molar-refractivity contribution in [1.29, 1.82) is 0 Å². The molecule has 286 valence electrons. The van der Waals surface area contributed by atoms with Crippen LogP contribution >= 0.6 is 0 Å². The summed E-state index contributed by atoms with van der Waals surface area (Å²) in [6.45, 7) is 18.7. The first kappa shape index (κ1) is 36.6. The second-order valence-corrected chi connectivity index (χ2v) is 15.4. The SMILES string of the molecule is C=CCOCC(COc1c2c(c(OCC(COCC=C)OCC=C)c3c1[C@H]1C[C@@H]3c3cc4ccccc4cc31)[C@H]1C[C@@H]2c2cc3ccccc3cc21)OCC=C. The van der Waals surface area contributed by atoms with Gasteiger partial charge in [-0.05, 0) is 56.6 Å². The number of hydrogen-bond acceptors (Lipinski definition) is 6. The number of rotatable bonds is 20. The van der Waals surface area contributed by atoms with Crippen molar-refractivity contribution in [3.8, 4) is 11.5 Å². The molecule has 9 rings (SSSR count). The van der Waals surface area contributed by atoms with Gasteiger partial charge in [-0.1, -0.05) is 97.1 Å². The predicted molar refractivity (Wildman–Crippen MR) is 224 cm³/mol. The van der Waals surface area contributed by atoms with Crippen LogP contribution in [0.1, 0.15) is 81.0 Å². The number of hydrogen-bond donors (Lipinski definition) is 0. The van der Waals surface area contributed by atoms with E-state index in [2.05, 4.69) is 99.1 Å². The fraction of sp³-hybridized carbons (Fsp3) is 0.320. The van der Waals surface area contributed by atoms with Gasteiger partial charge in [-0.3, -0.25) is 0 Å². The molecule has 4 aliphatic rings. The first-order valence-corrected chi connectivity index (χ1v) is 20.0. The van der Waals surface area contributed by atoms with Crippen LogP contribution in [0.2, 0.25) is 0 Å². The van der Waals surface area contributed by atoms with Crippen LogP contribution in [0.5, 0.6) is 11.5 Å². The van der Waals surface area contributed by atoms with Gasteiger partial charge in [-0.15, -0.1) is 26.3 Å². The maximum absolute atomic E-state index is 7.21. The summed E-state index contributed by atoms with van der Waals surface area (Å²) in [6.07, 6.45) is 8.49. The number of ether oxygens (including phenoxy) is 6. The van der Waals surface area contributed by atoms with Crippen molar-refractivity contribution in [3.05, 3.63) is 168 Å². The highest BCUT2D eigenvalue weighted by atomic mass is 16.6. The molecule has 56 heavy (non-hydrogen) atoms. The minimum Gasteiger partial charge on any atom is -0.490 e. The van der Waals surface area contributed by atoms with E-state index in [-0.39, 0.29) is 35.9 Å². The summed E-state index contributed by atoms with van der Waals surface area (Å²) in [7, 11) is 0. The van der Waals surface area contributed by atoms with Gasteiger partial charge >= 0.3 is 0 Å². The summed E-state index contributed by atoms with van der Waals surface area (Å²) in [6, 6.07) is 27.1. The van der Waals surface area contributed by atoms with Crippen LogP contribution in [0.15, 0.2) is 123 Å². The van der Waals surface area contributed by atoms with Crippen molar-refractivity contribution in [1.82, 2.24) is 0 Å². The van der Waals surface area contributed by atoms with Gasteiger partial charge in [-0.2, -0.15) is 0 Å². The van der Waals surface area contributed by atoms with Gasteiger partial charge in [0.1, 0.15) is 36.9 Å². The summed E-state index contributed by atoms with van der Waals surface area (Å²) in [5.74, 6) is 2.73. The summed E-state index contributed by atoms with van der Waals surface area (Å²) < 4.78 is 38.7. The lowest BCUT2D eigenvalue weighted by Crippen LogP contribution is -2.29. The monoisotopic (exact) mass is 746 g/mol. The zero-order valence-electron chi connectivity index (χ0n) is 32.1. The normalized spacial score (nSPS) is 20.3. The van der Waals surface area contributed by atoms with Crippen molar-refractivity contribution in [2.75, 3.05) is 52.9 Å². The third-order valence-corrected chi connectivity index (χ3v) is 12.1. The smallest absolute Gasteiger partial charge is 0.127 e. The second kappa shape index (κ2) is 15.9. The molecule has 5 aromatic carbocycles. The predicted octanol–water partition coefficient (Wildman–Crippen LogP) is 10.3. The van der Waals surface area contributed by atoms with Gasteiger partial charge in [-0.25, -0.2) is 0 Å². The summed E-state index contributed by atoms with van der Waals surface area (Å²) in [5, 5.41) is 5.05. The molecule has 4 aliphatic carbocycles. The van der Waals surface area contributed by atoms with Crippen LogP contribution in [0, 0.1) is 0 Å². The highest BCUT2D eigenvalue weighted by Crippen LogP contribution is 2.69. The molecule has 0 aliphatic heterocycles. The number of fused-ring (bicyclic) bond motifs is 18. The molecule has 5 aromatic rings. The van der Waals surface area contributed by atoms with Crippen molar-refractivity contribution in [2.45, 2.75) is 48.7 Å². The maximum Gasteiger partial charge on any atom is 0.127 e. The average molecular weight is 747 g/mol. The molecule has 0 spiro atoms. The van der Waals surface area contributed by atoms with Crippen LogP contribution in [0.25, 0.3) is 21.5 Å². The molecule has 0 amide bonds. The van der Waals surface area contributed by atoms with Gasteiger partial charge < -0.3 is 28.4 Å². The standard InChI is InChI=1S/C50H50O6/c1-5-17-51-27-35(53-19-7-3)29-55-49-45-41-25-43(39-23-33-15-11-9-13-31(33)21-37(39)41)47(45)50(56-30-36(54-20-8-4)28-52-18-6-2)48-44-26-42(46(48)49)38-22-32-14-10-12-16-34(32)24-40(38)44/h5-16,21-24,35-36,41-44H,1-4,17-20,25-30H2/t35?,36?,41-,42+,43+,44-. The molecule has 6 heteroatoms. The maximum atomic E-state index is 7.21. The minimum absolute atomic E-state index is 0.181. The Bertz CT molecular complexity index is 2040. The van der Waals surface area contributed by atoms with Crippen molar-refractivity contribution in [3.63, 3.8) is 0 Å². The van der Waals surface area contributed by atoms with E-state index in [1.165, 1.54) is 66.1 Å². The molecule has 0 radical (unpaired) electrons. The Morgan fingerprint density at radius 3 is 1.09 bits per heavy atom. The van der Waals surface area contributed by atoms with E-state index in [0.717, 1.165) is 24.3 Å². The highest BCUT2D eigenvalue weighted by molar-refractivity contribution is 5.89. The lowest BCUT2D eigenvalue weighted by atomic mass is 9.76. The van der Waals surface area contributed by atoms with Crippen molar-refractivity contribution < 1.29 is 28.4 Å². The molecule has 0 saturated carbocycles. The highest BCUT2D eigenvalue weighted by Gasteiger charge is 2.53. The fourth-order valence-corrected chi connectivity index (χ4v) is 9.92. The molecular formula is C50H50O6. The molecule has 0 heterocycles. The average Bonchev–Trinajstić information content (AvgIpc) is 4.00. The van der Waals surface area contributed by atoms with Crippen LogP contribution in [0.3, 0.4) is 0 Å². The first-order chi connectivity index (χ1) is 27.6. The number of benzene rings is 5. The molecule has 0 saturated heterocycles. The molecule has 2 unspecified atom stereocenters. The van der Waals surface area contributed by atoms with Gasteiger partial charge in [0.25, 0.3) is 0 Å². The van der Waals surface area contributed by atoms with Crippen LogP contribution < -0.4 is 9.47 Å². The summed E-state index contributed by atoms with van der Waals surface area (Å²) >= 11 is 0. The van der Waals surface area contributed by atoms with E-state index >= 15 is 0 Å². The topological polar surface area (TPSA) is 55.4 Å². The van der Waals surface area contributed by atoms with E-state index in [1.807, 2.05) is 0 Å². The quantitative estimate of drug-likeness (QED) is 0.0584. The van der Waals surface area contributed by atoms with Crippen molar-refractivity contribution >= 4 is 21.5 Å². The van der Waals surface area contributed by atoms with E-state index < -0.39 is 0 Å².